The van der Waals surface area contributed by atoms with Gasteiger partial charge in [-0.05, 0) is 41.8 Å². The molecule has 0 bridgehead atoms. The molecule has 1 aromatic heterocycles. The van der Waals surface area contributed by atoms with E-state index in [1.165, 1.54) is 28.5 Å². The molecule has 1 aliphatic carbocycles. The van der Waals surface area contributed by atoms with Gasteiger partial charge in [-0.3, -0.25) is 5.41 Å². The Hall–Kier alpha value is -1.06. The first-order valence-electron chi connectivity index (χ1n) is 5.12. The minimum atomic E-state index is 0. The van der Waals surface area contributed by atoms with Gasteiger partial charge in [-0.1, -0.05) is 12.1 Å². The molecule has 3 rings (SSSR count). The number of rotatable bonds is 2. The number of benzene rings is 1. The average Bonchev–Trinajstić information content (AvgIpc) is 2.96. The summed E-state index contributed by atoms with van der Waals surface area (Å²) in [7, 11) is 0. The van der Waals surface area contributed by atoms with Gasteiger partial charge >= 0.3 is 0 Å². The smallest absolute Gasteiger partial charge is 0.133 e. The molecule has 84 valence electrons. The number of fused-ring (bicyclic) bond motifs is 1. The lowest BCUT2D eigenvalue weighted by molar-refractivity contribution is 1.14. The van der Waals surface area contributed by atoms with E-state index >= 15 is 0 Å². The molecule has 0 atom stereocenters. The third-order valence-corrected chi connectivity index (χ3v) is 4.00. The highest BCUT2D eigenvalue weighted by Crippen LogP contribution is 2.41. The van der Waals surface area contributed by atoms with Gasteiger partial charge in [0.15, 0.2) is 0 Å². The van der Waals surface area contributed by atoms with Gasteiger partial charge < -0.3 is 5.73 Å². The van der Waals surface area contributed by atoms with Crippen LogP contribution in [0.2, 0.25) is 0 Å². The monoisotopic (exact) mass is 252 g/mol. The van der Waals surface area contributed by atoms with Crippen molar-refractivity contribution in [2.24, 2.45) is 5.73 Å². The second-order valence-corrected chi connectivity index (χ2v) is 5.18. The number of nitrogens with two attached hydrogens (primary N) is 1. The molecule has 1 aliphatic rings. The van der Waals surface area contributed by atoms with Crippen LogP contribution in [-0.2, 0) is 0 Å². The van der Waals surface area contributed by atoms with Crippen molar-refractivity contribution in [2.45, 2.75) is 18.8 Å². The molecular weight excluding hydrogens is 240 g/mol. The van der Waals surface area contributed by atoms with Crippen molar-refractivity contribution in [3.63, 3.8) is 0 Å². The predicted molar refractivity (Wildman–Crippen MR) is 72.1 cm³/mol. The van der Waals surface area contributed by atoms with Crippen molar-refractivity contribution >= 4 is 39.7 Å². The van der Waals surface area contributed by atoms with Gasteiger partial charge in [-0.25, -0.2) is 0 Å². The fourth-order valence-corrected chi connectivity index (χ4v) is 2.77. The van der Waals surface area contributed by atoms with E-state index in [0.717, 1.165) is 10.8 Å². The van der Waals surface area contributed by atoms with Crippen LogP contribution in [0, 0.1) is 5.41 Å². The Labute approximate surface area is 104 Å². The Morgan fingerprint density at radius 1 is 1.31 bits per heavy atom. The topological polar surface area (TPSA) is 49.9 Å². The van der Waals surface area contributed by atoms with Gasteiger partial charge in [0, 0.05) is 4.70 Å². The zero-order valence-corrected chi connectivity index (χ0v) is 10.3. The highest BCUT2D eigenvalue weighted by molar-refractivity contribution is 7.20. The quantitative estimate of drug-likeness (QED) is 0.624. The van der Waals surface area contributed by atoms with Gasteiger partial charge in [-0.15, -0.1) is 23.7 Å². The van der Waals surface area contributed by atoms with Crippen molar-refractivity contribution in [1.82, 2.24) is 0 Å². The standard InChI is InChI=1S/C12H12N2S.ClH/c13-12(14)11-6-9-5-8(7-1-2-7)3-4-10(9)15-11;/h3-7H,1-2H2,(H3,13,14);1H. The predicted octanol–water partition coefficient (Wildman–Crippen LogP) is 3.48. The van der Waals surface area contributed by atoms with Gasteiger partial charge in [0.05, 0.1) is 4.88 Å². The van der Waals surface area contributed by atoms with Crippen LogP contribution >= 0.6 is 23.7 Å². The summed E-state index contributed by atoms with van der Waals surface area (Å²) < 4.78 is 1.23. The molecule has 2 nitrogen and oxygen atoms in total. The number of amidine groups is 1. The molecule has 0 unspecified atom stereocenters. The maximum atomic E-state index is 7.41. The number of thiophene rings is 1. The van der Waals surface area contributed by atoms with E-state index in [1.807, 2.05) is 6.07 Å². The van der Waals surface area contributed by atoms with Crippen molar-refractivity contribution in [1.29, 1.82) is 5.41 Å². The Morgan fingerprint density at radius 3 is 2.69 bits per heavy atom. The lowest BCUT2D eigenvalue weighted by Crippen LogP contribution is -2.08. The van der Waals surface area contributed by atoms with Crippen LogP contribution in [0.4, 0.5) is 0 Å². The molecule has 0 radical (unpaired) electrons. The number of hydrogen-bond acceptors (Lipinski definition) is 2. The maximum absolute atomic E-state index is 7.41. The third kappa shape index (κ3) is 1.93. The largest absolute Gasteiger partial charge is 0.383 e. The number of nitrogens with one attached hydrogen (secondary N) is 1. The van der Waals surface area contributed by atoms with E-state index in [0.29, 0.717) is 0 Å². The summed E-state index contributed by atoms with van der Waals surface area (Å²) in [5.74, 6) is 0.958. The molecular formula is C12H13ClN2S. The summed E-state index contributed by atoms with van der Waals surface area (Å²) in [6.45, 7) is 0. The molecule has 0 aliphatic heterocycles. The van der Waals surface area contributed by atoms with Crippen LogP contribution in [0.5, 0.6) is 0 Å². The van der Waals surface area contributed by atoms with E-state index in [-0.39, 0.29) is 18.2 Å². The van der Waals surface area contributed by atoms with E-state index in [9.17, 15) is 0 Å². The van der Waals surface area contributed by atoms with E-state index in [4.69, 9.17) is 11.1 Å². The van der Waals surface area contributed by atoms with E-state index in [1.54, 1.807) is 11.3 Å². The molecule has 1 fully saturated rings. The summed E-state index contributed by atoms with van der Waals surface area (Å²) >= 11 is 1.60. The normalized spacial score (nSPS) is 14.8. The lowest BCUT2D eigenvalue weighted by atomic mass is 10.1. The fourth-order valence-electron chi connectivity index (χ4n) is 1.87. The number of halogens is 1. The summed E-state index contributed by atoms with van der Waals surface area (Å²) in [4.78, 5) is 0.873. The molecule has 0 spiro atoms. The van der Waals surface area contributed by atoms with Crippen LogP contribution in [-0.4, -0.2) is 5.84 Å². The number of nitrogen functional groups attached to an aromatic ring is 1. The first-order valence-corrected chi connectivity index (χ1v) is 5.93. The zero-order chi connectivity index (χ0) is 10.4. The van der Waals surface area contributed by atoms with Gasteiger partial charge in [0.1, 0.15) is 5.84 Å². The molecule has 2 aromatic rings. The Balaban J connectivity index is 0.000000963. The van der Waals surface area contributed by atoms with Crippen molar-refractivity contribution in [2.75, 3.05) is 0 Å². The molecule has 3 N–H and O–H groups in total. The van der Waals surface area contributed by atoms with Crippen LogP contribution in [0.15, 0.2) is 24.3 Å². The maximum Gasteiger partial charge on any atom is 0.133 e. The minimum absolute atomic E-state index is 0. The molecule has 0 amide bonds. The summed E-state index contributed by atoms with van der Waals surface area (Å²) in [6, 6.07) is 8.63. The average molecular weight is 253 g/mol. The van der Waals surface area contributed by atoms with Gasteiger partial charge in [-0.2, -0.15) is 0 Å². The van der Waals surface area contributed by atoms with Crippen LogP contribution in [0.3, 0.4) is 0 Å². The Bertz CT molecular complexity index is 543. The summed E-state index contributed by atoms with van der Waals surface area (Å²) in [5, 5.41) is 8.64. The van der Waals surface area contributed by atoms with E-state index < -0.39 is 0 Å². The Kier molecular flexibility index (Phi) is 2.91. The van der Waals surface area contributed by atoms with Crippen LogP contribution in [0.1, 0.15) is 29.2 Å². The SMILES string of the molecule is Cl.N=C(N)c1cc2cc(C3CC3)ccc2s1. The summed E-state index contributed by atoms with van der Waals surface area (Å²) in [6.07, 6.45) is 2.66. The third-order valence-electron chi connectivity index (χ3n) is 2.85. The molecule has 1 saturated carbocycles. The second kappa shape index (κ2) is 4.07. The van der Waals surface area contributed by atoms with Crippen molar-refractivity contribution in [3.05, 3.63) is 34.7 Å². The summed E-state index contributed by atoms with van der Waals surface area (Å²) in [5.41, 5.74) is 6.92. The van der Waals surface area contributed by atoms with Crippen LogP contribution < -0.4 is 5.73 Å². The van der Waals surface area contributed by atoms with Gasteiger partial charge in [0.2, 0.25) is 0 Å². The molecule has 16 heavy (non-hydrogen) atoms. The second-order valence-electron chi connectivity index (χ2n) is 4.10. The van der Waals surface area contributed by atoms with Crippen molar-refractivity contribution in [3.8, 4) is 0 Å². The first kappa shape index (κ1) is 11.4. The molecule has 0 saturated heterocycles. The van der Waals surface area contributed by atoms with Crippen molar-refractivity contribution < 1.29 is 0 Å². The van der Waals surface area contributed by atoms with E-state index in [2.05, 4.69) is 18.2 Å². The lowest BCUT2D eigenvalue weighted by Gasteiger charge is -1.96. The molecule has 1 heterocycles. The highest BCUT2D eigenvalue weighted by Gasteiger charge is 2.23. The molecule has 1 aromatic carbocycles. The fraction of sp³-hybridized carbons (Fsp3) is 0.250. The zero-order valence-electron chi connectivity index (χ0n) is 8.69. The first-order chi connectivity index (χ1) is 7.24. The Morgan fingerprint density at radius 2 is 2.06 bits per heavy atom. The van der Waals surface area contributed by atoms with Gasteiger partial charge in [0.25, 0.3) is 0 Å². The van der Waals surface area contributed by atoms with Crippen LogP contribution in [0.25, 0.3) is 10.1 Å². The highest BCUT2D eigenvalue weighted by atomic mass is 35.5. The minimum Gasteiger partial charge on any atom is -0.383 e. The molecule has 4 heteroatoms. The number of hydrogen-bond donors (Lipinski definition) is 2.